The van der Waals surface area contributed by atoms with Gasteiger partial charge < -0.3 is 28.8 Å². The summed E-state index contributed by atoms with van der Waals surface area (Å²) in [5, 5.41) is 11.6. The summed E-state index contributed by atoms with van der Waals surface area (Å²) in [7, 11) is 4.48. The minimum absolute atomic E-state index is 0.0227. The average molecular weight is 345 g/mol. The lowest BCUT2D eigenvalue weighted by Crippen LogP contribution is -2.24. The lowest BCUT2D eigenvalue weighted by atomic mass is 9.97. The Morgan fingerprint density at radius 3 is 2.40 bits per heavy atom. The van der Waals surface area contributed by atoms with Gasteiger partial charge in [-0.05, 0) is 30.2 Å². The fraction of sp³-hybridized carbons (Fsp3) is 0.316. The highest BCUT2D eigenvalue weighted by Gasteiger charge is 2.16. The van der Waals surface area contributed by atoms with Crippen LogP contribution in [-0.4, -0.2) is 34.1 Å². The molecule has 6 heteroatoms. The number of carboxylic acids is 1. The summed E-state index contributed by atoms with van der Waals surface area (Å²) in [6, 6.07) is 8.78. The minimum Gasteiger partial charge on any atom is -0.545 e. The zero-order chi connectivity index (χ0) is 18.4. The van der Waals surface area contributed by atoms with Crippen LogP contribution in [0.2, 0.25) is 0 Å². The van der Waals surface area contributed by atoms with Gasteiger partial charge in [0.1, 0.15) is 17.2 Å². The molecule has 0 saturated carbocycles. The normalized spacial score (nSPS) is 10.4. The summed E-state index contributed by atoms with van der Waals surface area (Å²) >= 11 is 0. The molecule has 134 valence electrons. The van der Waals surface area contributed by atoms with E-state index >= 15 is 0 Å². The third kappa shape index (κ3) is 4.42. The number of hydrogen-bond donors (Lipinski definition) is 0. The highest BCUT2D eigenvalue weighted by molar-refractivity contribution is 5.89. The molecule has 0 aliphatic heterocycles. The molecule has 2 aromatic rings. The van der Waals surface area contributed by atoms with Crippen LogP contribution in [0.25, 0.3) is 0 Å². The number of methoxy groups -OCH3 is 3. The van der Waals surface area contributed by atoms with E-state index in [1.165, 1.54) is 27.4 Å². The highest BCUT2D eigenvalue weighted by Crippen LogP contribution is 2.33. The second kappa shape index (κ2) is 8.39. The van der Waals surface area contributed by atoms with Crippen molar-refractivity contribution in [1.82, 2.24) is 0 Å². The van der Waals surface area contributed by atoms with Crippen LogP contribution < -0.4 is 19.3 Å². The fourth-order valence-corrected chi connectivity index (χ4v) is 2.54. The first-order chi connectivity index (χ1) is 12.0. The van der Waals surface area contributed by atoms with E-state index in [0.29, 0.717) is 29.2 Å². The second-order valence-electron chi connectivity index (χ2n) is 5.48. The van der Waals surface area contributed by atoms with Gasteiger partial charge in [0.25, 0.3) is 0 Å². The summed E-state index contributed by atoms with van der Waals surface area (Å²) < 4.78 is 21.1. The van der Waals surface area contributed by atoms with Gasteiger partial charge in [0.2, 0.25) is 0 Å². The molecular formula is C19H21O6-. The summed E-state index contributed by atoms with van der Waals surface area (Å²) in [6.45, 7) is 2.05. The molecule has 0 saturated heterocycles. The van der Waals surface area contributed by atoms with Crippen molar-refractivity contribution in [3.05, 3.63) is 52.6 Å². The predicted octanol–water partition coefficient (Wildman–Crippen LogP) is 1.95. The third-order valence-corrected chi connectivity index (χ3v) is 3.78. The maximum Gasteiger partial charge on any atom is 0.188 e. The molecule has 0 atom stereocenters. The summed E-state index contributed by atoms with van der Waals surface area (Å²) in [5.41, 5.74) is 2.36. The monoisotopic (exact) mass is 345 g/mol. The van der Waals surface area contributed by atoms with E-state index in [2.05, 4.69) is 0 Å². The number of hydrogen-bond acceptors (Lipinski definition) is 6. The van der Waals surface area contributed by atoms with Crippen LogP contribution in [0.4, 0.5) is 0 Å². The van der Waals surface area contributed by atoms with Gasteiger partial charge in [0, 0.05) is 30.7 Å². The van der Waals surface area contributed by atoms with Gasteiger partial charge in [-0.2, -0.15) is 0 Å². The van der Waals surface area contributed by atoms with Crippen molar-refractivity contribution in [3.63, 3.8) is 0 Å². The molecule has 0 unspecified atom stereocenters. The largest absolute Gasteiger partial charge is 0.545 e. The number of ether oxygens (including phenoxy) is 4. The number of carboxylic acid groups (broad SMARTS) is 1. The van der Waals surface area contributed by atoms with Gasteiger partial charge in [0.05, 0.1) is 20.2 Å². The quantitative estimate of drug-likeness (QED) is 0.681. The Labute approximate surface area is 146 Å². The number of benzene rings is 2. The van der Waals surface area contributed by atoms with Gasteiger partial charge in [-0.1, -0.05) is 12.1 Å². The Bertz CT molecular complexity index is 754. The molecule has 0 spiro atoms. The second-order valence-corrected chi connectivity index (χ2v) is 5.48. The van der Waals surface area contributed by atoms with Crippen molar-refractivity contribution in [3.8, 4) is 17.2 Å². The first kappa shape index (κ1) is 18.6. The number of carbonyl (C=O) groups is 1. The standard InChI is InChI=1S/C19H22O6/c1-12-5-6-13(17(7-12)25-11-22-2)8-15-16(19(20)21)9-14(23-3)10-18(15)24-4/h5-7,9-10H,8,11H2,1-4H3,(H,20,21)/p-1. The zero-order valence-corrected chi connectivity index (χ0v) is 14.8. The Balaban J connectivity index is 2.51. The molecule has 2 rings (SSSR count). The lowest BCUT2D eigenvalue weighted by Gasteiger charge is -2.18. The topological polar surface area (TPSA) is 77.0 Å². The van der Waals surface area contributed by atoms with E-state index in [1.807, 2.05) is 25.1 Å². The number of carbonyl (C=O) groups excluding carboxylic acids is 1. The van der Waals surface area contributed by atoms with Crippen molar-refractivity contribution in [2.75, 3.05) is 28.1 Å². The van der Waals surface area contributed by atoms with E-state index < -0.39 is 5.97 Å². The molecule has 0 amide bonds. The smallest absolute Gasteiger partial charge is 0.188 e. The van der Waals surface area contributed by atoms with Crippen LogP contribution in [0.1, 0.15) is 27.0 Å². The summed E-state index contributed by atoms with van der Waals surface area (Å²) in [4.78, 5) is 11.6. The third-order valence-electron chi connectivity index (χ3n) is 3.78. The van der Waals surface area contributed by atoms with Crippen molar-refractivity contribution in [1.29, 1.82) is 0 Å². The van der Waals surface area contributed by atoms with Crippen LogP contribution >= 0.6 is 0 Å². The minimum atomic E-state index is -1.29. The molecular weight excluding hydrogens is 324 g/mol. The average Bonchev–Trinajstić information content (AvgIpc) is 2.61. The van der Waals surface area contributed by atoms with Crippen LogP contribution in [0, 0.1) is 6.92 Å². The molecule has 6 nitrogen and oxygen atoms in total. The van der Waals surface area contributed by atoms with Crippen LogP contribution in [-0.2, 0) is 11.2 Å². The van der Waals surface area contributed by atoms with Crippen LogP contribution in [0.5, 0.6) is 17.2 Å². The molecule has 0 aliphatic rings. The number of aryl methyl sites for hydroxylation is 1. The van der Waals surface area contributed by atoms with Crippen molar-refractivity contribution in [2.24, 2.45) is 0 Å². The molecule has 0 bridgehead atoms. The molecule has 0 radical (unpaired) electrons. The van der Waals surface area contributed by atoms with Gasteiger partial charge in [-0.25, -0.2) is 0 Å². The van der Waals surface area contributed by atoms with Crippen LogP contribution in [0.3, 0.4) is 0 Å². The SMILES string of the molecule is COCOc1cc(C)ccc1Cc1c(OC)cc(OC)cc1C(=O)[O-]. The first-order valence-corrected chi connectivity index (χ1v) is 7.67. The molecule has 25 heavy (non-hydrogen) atoms. The molecule has 0 N–H and O–H groups in total. The Morgan fingerprint density at radius 2 is 1.80 bits per heavy atom. The molecule has 0 aromatic heterocycles. The molecule has 2 aromatic carbocycles. The van der Waals surface area contributed by atoms with Gasteiger partial charge in [-0.3, -0.25) is 0 Å². The molecule has 0 heterocycles. The van der Waals surface area contributed by atoms with E-state index in [1.54, 1.807) is 6.07 Å². The summed E-state index contributed by atoms with van der Waals surface area (Å²) in [5.74, 6) is 0.138. The van der Waals surface area contributed by atoms with Crippen LogP contribution in [0.15, 0.2) is 30.3 Å². The van der Waals surface area contributed by atoms with E-state index in [9.17, 15) is 9.90 Å². The Kier molecular flexibility index (Phi) is 6.25. The molecule has 0 fully saturated rings. The van der Waals surface area contributed by atoms with Gasteiger partial charge in [-0.15, -0.1) is 0 Å². The van der Waals surface area contributed by atoms with Gasteiger partial charge >= 0.3 is 0 Å². The van der Waals surface area contributed by atoms with Crippen molar-refractivity contribution in [2.45, 2.75) is 13.3 Å². The van der Waals surface area contributed by atoms with Crippen molar-refractivity contribution >= 4 is 5.97 Å². The van der Waals surface area contributed by atoms with Gasteiger partial charge in [0.15, 0.2) is 6.79 Å². The van der Waals surface area contributed by atoms with E-state index in [0.717, 1.165) is 11.1 Å². The maximum atomic E-state index is 11.6. The van der Waals surface area contributed by atoms with E-state index in [4.69, 9.17) is 18.9 Å². The zero-order valence-electron chi connectivity index (χ0n) is 14.8. The van der Waals surface area contributed by atoms with Crippen molar-refractivity contribution < 1.29 is 28.8 Å². The Morgan fingerprint density at radius 1 is 1.04 bits per heavy atom. The Hall–Kier alpha value is -2.73. The van der Waals surface area contributed by atoms with E-state index in [-0.39, 0.29) is 12.4 Å². The maximum absolute atomic E-state index is 11.6. The molecule has 0 aliphatic carbocycles. The fourth-order valence-electron chi connectivity index (χ4n) is 2.54. The lowest BCUT2D eigenvalue weighted by molar-refractivity contribution is -0.255. The summed E-state index contributed by atoms with van der Waals surface area (Å²) in [6.07, 6.45) is 0.301. The number of aromatic carboxylic acids is 1. The first-order valence-electron chi connectivity index (χ1n) is 7.67. The number of rotatable bonds is 8. The highest BCUT2D eigenvalue weighted by atomic mass is 16.7. The predicted molar refractivity (Wildman–Crippen MR) is 90.4 cm³/mol.